The molecule has 0 saturated carbocycles. The first-order valence-corrected chi connectivity index (χ1v) is 10.1. The molecule has 0 spiro atoms. The van der Waals surface area contributed by atoms with Crippen molar-refractivity contribution in [3.63, 3.8) is 0 Å². The number of hydrogen-bond donors (Lipinski definition) is 0. The number of anilines is 2. The molecule has 0 radical (unpaired) electrons. The van der Waals surface area contributed by atoms with Crippen LogP contribution in [0.1, 0.15) is 0 Å². The Balaban J connectivity index is 1.77. The second kappa shape index (κ2) is 7.03. The van der Waals surface area contributed by atoms with Crippen molar-refractivity contribution >= 4 is 44.1 Å². The van der Waals surface area contributed by atoms with Crippen molar-refractivity contribution in [2.45, 2.75) is 4.90 Å². The van der Waals surface area contributed by atoms with Crippen LogP contribution in [0.2, 0.25) is 0 Å². The Hall–Kier alpha value is -2.29. The van der Waals surface area contributed by atoms with Gasteiger partial charge in [0.2, 0.25) is 0 Å². The van der Waals surface area contributed by atoms with Crippen LogP contribution in [0, 0.1) is 5.82 Å². The topological polar surface area (TPSA) is 63.0 Å². The number of sulfonamides is 1. The van der Waals surface area contributed by atoms with Crippen LogP contribution in [-0.2, 0) is 14.8 Å². The van der Waals surface area contributed by atoms with Gasteiger partial charge in [-0.15, -0.1) is 0 Å². The third kappa shape index (κ3) is 3.36. The van der Waals surface area contributed by atoms with Crippen LogP contribution in [0.3, 0.4) is 0 Å². The van der Waals surface area contributed by atoms with Crippen LogP contribution in [0.15, 0.2) is 58.0 Å². The Bertz CT molecular complexity index is 1060. The van der Waals surface area contributed by atoms with Crippen molar-refractivity contribution in [1.82, 2.24) is 0 Å². The largest absolute Gasteiger partial charge is 0.462 e. The predicted octanol–water partition coefficient (Wildman–Crippen LogP) is 3.76. The maximum Gasteiger partial charge on any atom is 0.278 e. The van der Waals surface area contributed by atoms with Crippen LogP contribution in [-0.4, -0.2) is 34.7 Å². The van der Waals surface area contributed by atoms with Gasteiger partial charge >= 0.3 is 0 Å². The Morgan fingerprint density at radius 3 is 2.48 bits per heavy atom. The molecule has 142 valence electrons. The van der Waals surface area contributed by atoms with Gasteiger partial charge in [-0.05, 0) is 42.5 Å². The lowest BCUT2D eigenvalue weighted by Gasteiger charge is -2.29. The summed E-state index contributed by atoms with van der Waals surface area (Å²) in [7, 11) is -4.05. The molecule has 0 atom stereocenters. The van der Waals surface area contributed by atoms with Gasteiger partial charge in [-0.25, -0.2) is 4.39 Å². The number of rotatable bonds is 4. The fourth-order valence-electron chi connectivity index (χ4n) is 3.03. The molecule has 1 aliphatic rings. The number of furan rings is 1. The Morgan fingerprint density at radius 1 is 1.07 bits per heavy atom. The van der Waals surface area contributed by atoms with Crippen molar-refractivity contribution in [2.75, 3.05) is 35.0 Å². The van der Waals surface area contributed by atoms with Gasteiger partial charge in [-0.3, -0.25) is 0 Å². The van der Waals surface area contributed by atoms with Crippen LogP contribution < -0.4 is 8.72 Å². The van der Waals surface area contributed by atoms with Gasteiger partial charge in [0.25, 0.3) is 10.0 Å². The first-order chi connectivity index (χ1) is 13.0. The molecule has 1 aromatic heterocycles. The normalized spacial score (nSPS) is 15.3. The van der Waals surface area contributed by atoms with Crippen LogP contribution in [0.4, 0.5) is 15.8 Å². The van der Waals surface area contributed by atoms with E-state index in [1.54, 1.807) is 24.5 Å². The Morgan fingerprint density at radius 2 is 1.78 bits per heavy atom. The van der Waals surface area contributed by atoms with Gasteiger partial charge in [0.1, 0.15) is 5.82 Å². The van der Waals surface area contributed by atoms with Crippen LogP contribution in [0.5, 0.6) is 0 Å². The summed E-state index contributed by atoms with van der Waals surface area (Å²) in [6.07, 6.45) is 1.55. The molecule has 4 rings (SSSR count). The number of benzene rings is 2. The van der Waals surface area contributed by atoms with Crippen LogP contribution >= 0.6 is 11.8 Å². The molecule has 2 heterocycles. The molecule has 6 nitrogen and oxygen atoms in total. The molecule has 0 aliphatic carbocycles. The quantitative estimate of drug-likeness (QED) is 0.613. The van der Waals surface area contributed by atoms with Crippen LogP contribution in [0.25, 0.3) is 11.0 Å². The van der Waals surface area contributed by atoms with E-state index in [1.807, 2.05) is 0 Å². The molecule has 3 aromatic rings. The number of ether oxygens (including phenoxy) is 1. The number of fused-ring (bicyclic) bond motifs is 1. The average Bonchev–Trinajstić information content (AvgIpc) is 3.16. The third-order valence-corrected chi connectivity index (χ3v) is 6.63. The highest BCUT2D eigenvalue weighted by Gasteiger charge is 2.26. The zero-order valence-corrected chi connectivity index (χ0v) is 15.7. The molecule has 1 saturated heterocycles. The van der Waals surface area contributed by atoms with Gasteiger partial charge in [0.15, 0.2) is 5.58 Å². The van der Waals surface area contributed by atoms with Crippen molar-refractivity contribution in [3.8, 4) is 0 Å². The fourth-order valence-corrected chi connectivity index (χ4v) is 4.41. The highest BCUT2D eigenvalue weighted by atomic mass is 35.5. The van der Waals surface area contributed by atoms with Gasteiger partial charge < -0.3 is 14.1 Å². The van der Waals surface area contributed by atoms with E-state index in [2.05, 4.69) is 4.90 Å². The average molecular weight is 411 g/mol. The number of nitrogens with zero attached hydrogens (tertiary/aromatic N) is 2. The van der Waals surface area contributed by atoms with E-state index in [9.17, 15) is 12.8 Å². The summed E-state index contributed by atoms with van der Waals surface area (Å²) in [6.45, 7) is 2.47. The lowest BCUT2D eigenvalue weighted by Crippen LogP contribution is -2.36. The summed E-state index contributed by atoms with van der Waals surface area (Å²) in [4.78, 5) is 1.97. The first kappa shape index (κ1) is 18.1. The summed E-state index contributed by atoms with van der Waals surface area (Å²) in [6, 6.07) is 9.57. The Labute approximate surface area is 160 Å². The fraction of sp³-hybridized carbons (Fsp3) is 0.222. The standard InChI is InChI=1S/C18H16ClFN2O4S/c19-22(27(23,24)16-3-1-14(20)2-4-16)15-11-13-5-8-26-18(13)17(12-15)21-6-9-25-10-7-21/h1-5,8,11-12H,6-7,9-10H2. The van der Waals surface area contributed by atoms with E-state index in [4.69, 9.17) is 20.9 Å². The number of hydrogen-bond acceptors (Lipinski definition) is 5. The molecular weight excluding hydrogens is 395 g/mol. The van der Waals surface area contributed by atoms with E-state index in [0.29, 0.717) is 35.7 Å². The summed E-state index contributed by atoms with van der Waals surface area (Å²) in [5.74, 6) is -0.524. The molecule has 1 fully saturated rings. The van der Waals surface area contributed by atoms with Crippen molar-refractivity contribution in [3.05, 3.63) is 54.5 Å². The molecule has 9 heteroatoms. The third-order valence-electron chi connectivity index (χ3n) is 4.39. The van der Waals surface area contributed by atoms with Gasteiger partial charge in [-0.1, -0.05) is 0 Å². The maximum absolute atomic E-state index is 13.1. The minimum atomic E-state index is -4.05. The second-order valence-corrected chi connectivity index (χ2v) is 8.40. The Kier molecular flexibility index (Phi) is 4.71. The van der Waals surface area contributed by atoms with Crippen molar-refractivity contribution < 1.29 is 22.0 Å². The first-order valence-electron chi connectivity index (χ1n) is 8.27. The van der Waals surface area contributed by atoms with Crippen molar-refractivity contribution in [1.29, 1.82) is 0 Å². The van der Waals surface area contributed by atoms with Crippen molar-refractivity contribution in [2.24, 2.45) is 0 Å². The smallest absolute Gasteiger partial charge is 0.278 e. The van der Waals surface area contributed by atoms with E-state index in [-0.39, 0.29) is 10.6 Å². The van der Waals surface area contributed by atoms with Gasteiger partial charge in [-0.2, -0.15) is 12.2 Å². The summed E-state index contributed by atoms with van der Waals surface area (Å²) in [5, 5.41) is 0.731. The molecule has 1 aliphatic heterocycles. The highest BCUT2D eigenvalue weighted by Crippen LogP contribution is 2.36. The minimum absolute atomic E-state index is 0.0980. The van der Waals surface area contributed by atoms with E-state index in [0.717, 1.165) is 23.2 Å². The number of morpholine rings is 1. The second-order valence-electron chi connectivity index (χ2n) is 6.08. The molecule has 0 N–H and O–H groups in total. The highest BCUT2D eigenvalue weighted by molar-refractivity contribution is 7.94. The van der Waals surface area contributed by atoms with E-state index < -0.39 is 15.8 Å². The van der Waals surface area contributed by atoms with Gasteiger partial charge in [0.05, 0.1) is 35.7 Å². The summed E-state index contributed by atoms with van der Waals surface area (Å²) >= 11 is 6.23. The maximum atomic E-state index is 13.1. The monoisotopic (exact) mass is 410 g/mol. The summed E-state index contributed by atoms with van der Waals surface area (Å²) in [5.41, 5.74) is 1.68. The zero-order valence-electron chi connectivity index (χ0n) is 14.1. The summed E-state index contributed by atoms with van der Waals surface area (Å²) < 4.78 is 50.4. The molecule has 27 heavy (non-hydrogen) atoms. The number of halogens is 2. The molecule has 0 unspecified atom stereocenters. The lowest BCUT2D eigenvalue weighted by atomic mass is 10.2. The predicted molar refractivity (Wildman–Crippen MR) is 101 cm³/mol. The zero-order chi connectivity index (χ0) is 19.0. The van der Waals surface area contributed by atoms with E-state index in [1.165, 1.54) is 12.1 Å². The molecular formula is C18H16ClFN2O4S. The molecule has 0 bridgehead atoms. The minimum Gasteiger partial charge on any atom is -0.462 e. The lowest BCUT2D eigenvalue weighted by molar-refractivity contribution is 0.123. The molecule has 0 amide bonds. The SMILES string of the molecule is O=S(=O)(c1ccc(F)cc1)N(Cl)c1cc(N2CCOCC2)c2occc2c1. The van der Waals surface area contributed by atoms with Gasteiger partial charge in [0, 0.05) is 30.3 Å². The van der Waals surface area contributed by atoms with E-state index >= 15 is 0 Å². The molecule has 2 aromatic carbocycles.